The quantitative estimate of drug-likeness (QED) is 0.324. The second-order valence-corrected chi connectivity index (χ2v) is 7.58. The summed E-state index contributed by atoms with van der Waals surface area (Å²) in [6.07, 6.45) is 0. The number of non-ortho nitro benzene ring substituents is 1. The first-order valence-corrected chi connectivity index (χ1v) is 10.1. The molecule has 0 aliphatic rings. The van der Waals surface area contributed by atoms with Gasteiger partial charge in [0.05, 0.1) is 15.5 Å². The molecule has 3 rings (SSSR count). The van der Waals surface area contributed by atoms with Gasteiger partial charge in [-0.15, -0.1) is 0 Å². The predicted molar refractivity (Wildman–Crippen MR) is 108 cm³/mol. The van der Waals surface area contributed by atoms with Crippen molar-refractivity contribution < 1.29 is 22.8 Å². The predicted octanol–water partition coefficient (Wildman–Crippen LogP) is 3.85. The number of hydrogen-bond donors (Lipinski definition) is 1. The summed E-state index contributed by atoms with van der Waals surface area (Å²) < 4.78 is 38.5. The molecule has 0 aliphatic carbocycles. The number of sulfonamides is 1. The van der Waals surface area contributed by atoms with Gasteiger partial charge in [-0.05, 0) is 36.4 Å². The van der Waals surface area contributed by atoms with Gasteiger partial charge in [0.1, 0.15) is 24.7 Å². The van der Waals surface area contributed by atoms with Crippen LogP contribution in [0.2, 0.25) is 0 Å². The Hall–Kier alpha value is -3.59. The largest absolute Gasteiger partial charge is 0.490 e. The molecule has 9 heteroatoms. The summed E-state index contributed by atoms with van der Waals surface area (Å²) in [7, 11) is -3.89. The molecule has 0 fully saturated rings. The summed E-state index contributed by atoms with van der Waals surface area (Å²) in [6.45, 7) is 0.621. The second-order valence-electron chi connectivity index (χ2n) is 5.89. The van der Waals surface area contributed by atoms with Gasteiger partial charge in [-0.1, -0.05) is 24.3 Å². The van der Waals surface area contributed by atoms with Crippen LogP contribution in [0.3, 0.4) is 0 Å². The maximum absolute atomic E-state index is 12.5. The molecule has 29 heavy (non-hydrogen) atoms. The molecule has 0 radical (unpaired) electrons. The van der Waals surface area contributed by atoms with Gasteiger partial charge >= 0.3 is 0 Å². The first-order chi connectivity index (χ1) is 13.9. The van der Waals surface area contributed by atoms with Gasteiger partial charge in [-0.2, -0.15) is 0 Å². The average molecular weight is 414 g/mol. The summed E-state index contributed by atoms with van der Waals surface area (Å²) >= 11 is 0. The number of nitro groups is 1. The number of rotatable bonds is 9. The first kappa shape index (κ1) is 20.2. The highest BCUT2D eigenvalue weighted by atomic mass is 32.2. The van der Waals surface area contributed by atoms with Gasteiger partial charge in [0.25, 0.3) is 15.7 Å². The molecule has 0 spiro atoms. The zero-order valence-electron chi connectivity index (χ0n) is 15.2. The highest BCUT2D eigenvalue weighted by Crippen LogP contribution is 2.22. The van der Waals surface area contributed by atoms with Crippen LogP contribution in [0.1, 0.15) is 0 Å². The zero-order valence-corrected chi connectivity index (χ0v) is 16.0. The van der Waals surface area contributed by atoms with Crippen LogP contribution >= 0.6 is 0 Å². The minimum atomic E-state index is -3.89. The number of ether oxygens (including phenoxy) is 2. The fraction of sp³-hybridized carbons (Fsp3) is 0.100. The van der Waals surface area contributed by atoms with E-state index in [-0.39, 0.29) is 17.2 Å². The number of anilines is 1. The molecule has 3 aromatic rings. The lowest BCUT2D eigenvalue weighted by Crippen LogP contribution is -2.13. The lowest BCUT2D eigenvalue weighted by molar-refractivity contribution is -0.384. The molecule has 0 saturated carbocycles. The van der Waals surface area contributed by atoms with Crippen molar-refractivity contribution in [1.82, 2.24) is 0 Å². The number of nitro benzene ring substituents is 1. The van der Waals surface area contributed by atoms with E-state index in [1.165, 1.54) is 12.1 Å². The molecule has 1 N–H and O–H groups in total. The van der Waals surface area contributed by atoms with Gasteiger partial charge in [-0.25, -0.2) is 8.42 Å². The van der Waals surface area contributed by atoms with E-state index < -0.39 is 14.9 Å². The van der Waals surface area contributed by atoms with E-state index in [4.69, 9.17) is 9.47 Å². The smallest absolute Gasteiger partial charge is 0.269 e. The van der Waals surface area contributed by atoms with E-state index in [0.717, 1.165) is 17.9 Å². The van der Waals surface area contributed by atoms with E-state index in [1.54, 1.807) is 24.3 Å². The fourth-order valence-electron chi connectivity index (χ4n) is 2.45. The van der Waals surface area contributed by atoms with Crippen molar-refractivity contribution in [3.8, 4) is 11.5 Å². The third-order valence-corrected chi connectivity index (χ3v) is 5.21. The maximum Gasteiger partial charge on any atom is 0.269 e. The van der Waals surface area contributed by atoms with Crippen molar-refractivity contribution in [3.05, 3.63) is 89.0 Å². The van der Waals surface area contributed by atoms with Crippen LogP contribution in [-0.4, -0.2) is 26.6 Å². The minimum absolute atomic E-state index is 0.0781. The topological polar surface area (TPSA) is 108 Å². The minimum Gasteiger partial charge on any atom is -0.490 e. The third-order valence-electron chi connectivity index (χ3n) is 3.81. The van der Waals surface area contributed by atoms with Crippen LogP contribution in [0.4, 0.5) is 11.4 Å². The molecular weight excluding hydrogens is 396 g/mol. The Bertz CT molecular complexity index is 1070. The van der Waals surface area contributed by atoms with Gasteiger partial charge in [-0.3, -0.25) is 14.8 Å². The molecule has 0 saturated heterocycles. The number of para-hydroxylation sites is 1. The monoisotopic (exact) mass is 414 g/mol. The fourth-order valence-corrected chi connectivity index (χ4v) is 3.50. The van der Waals surface area contributed by atoms with Crippen molar-refractivity contribution in [1.29, 1.82) is 0 Å². The molecule has 0 heterocycles. The molecule has 0 unspecified atom stereocenters. The number of nitrogens with one attached hydrogen (secondary N) is 1. The Morgan fingerprint density at radius 3 is 2.10 bits per heavy atom. The highest BCUT2D eigenvalue weighted by Gasteiger charge is 2.16. The Morgan fingerprint density at radius 2 is 1.45 bits per heavy atom. The van der Waals surface area contributed by atoms with Gasteiger partial charge in [0.15, 0.2) is 0 Å². The van der Waals surface area contributed by atoms with Gasteiger partial charge in [0, 0.05) is 18.2 Å². The first-order valence-electron chi connectivity index (χ1n) is 8.62. The second kappa shape index (κ2) is 9.07. The standard InChI is InChI=1S/C20H18N2O6S/c23-22(24)17-9-11-20(12-10-17)29(25,26)21-16-5-4-8-19(15-16)28-14-13-27-18-6-2-1-3-7-18/h1-12,15,21H,13-14H2. The summed E-state index contributed by atoms with van der Waals surface area (Å²) in [5.74, 6) is 1.21. The number of benzene rings is 3. The van der Waals surface area contributed by atoms with Crippen LogP contribution in [0.5, 0.6) is 11.5 Å². The Morgan fingerprint density at radius 1 is 0.828 bits per heavy atom. The van der Waals surface area contributed by atoms with Crippen LogP contribution in [0, 0.1) is 10.1 Å². The van der Waals surface area contributed by atoms with E-state index in [0.29, 0.717) is 18.0 Å². The summed E-state index contributed by atoms with van der Waals surface area (Å²) in [5.41, 5.74) is 0.127. The number of hydrogen-bond acceptors (Lipinski definition) is 6. The van der Waals surface area contributed by atoms with Crippen LogP contribution in [0.25, 0.3) is 0 Å². The third kappa shape index (κ3) is 5.69. The number of nitrogens with zero attached hydrogens (tertiary/aromatic N) is 1. The van der Waals surface area contributed by atoms with Crippen molar-refractivity contribution >= 4 is 21.4 Å². The van der Waals surface area contributed by atoms with Crippen molar-refractivity contribution in [2.75, 3.05) is 17.9 Å². The van der Waals surface area contributed by atoms with E-state index >= 15 is 0 Å². The van der Waals surface area contributed by atoms with Crippen LogP contribution in [-0.2, 0) is 10.0 Å². The lowest BCUT2D eigenvalue weighted by atomic mass is 10.3. The van der Waals surface area contributed by atoms with Crippen LogP contribution < -0.4 is 14.2 Å². The summed E-state index contributed by atoms with van der Waals surface area (Å²) in [5, 5.41) is 10.7. The molecule has 0 atom stereocenters. The molecule has 150 valence electrons. The molecule has 0 bridgehead atoms. The molecule has 3 aromatic carbocycles. The molecule has 0 aliphatic heterocycles. The van der Waals surface area contributed by atoms with Gasteiger partial charge in [0.2, 0.25) is 0 Å². The van der Waals surface area contributed by atoms with Crippen molar-refractivity contribution in [2.45, 2.75) is 4.90 Å². The molecular formula is C20H18N2O6S. The maximum atomic E-state index is 12.5. The molecule has 8 nitrogen and oxygen atoms in total. The Balaban J connectivity index is 1.59. The zero-order chi connectivity index (χ0) is 20.7. The Labute approximate surface area is 167 Å². The summed E-state index contributed by atoms with van der Waals surface area (Å²) in [4.78, 5) is 10.0. The van der Waals surface area contributed by atoms with Crippen molar-refractivity contribution in [2.24, 2.45) is 0 Å². The summed E-state index contributed by atoms with van der Waals surface area (Å²) in [6, 6.07) is 20.4. The highest BCUT2D eigenvalue weighted by molar-refractivity contribution is 7.92. The SMILES string of the molecule is O=[N+]([O-])c1ccc(S(=O)(=O)Nc2cccc(OCCOc3ccccc3)c2)cc1. The van der Waals surface area contributed by atoms with Crippen molar-refractivity contribution in [3.63, 3.8) is 0 Å². The van der Waals surface area contributed by atoms with Gasteiger partial charge < -0.3 is 9.47 Å². The lowest BCUT2D eigenvalue weighted by Gasteiger charge is -2.11. The van der Waals surface area contributed by atoms with Crippen LogP contribution in [0.15, 0.2) is 83.8 Å². The Kier molecular flexibility index (Phi) is 6.30. The molecule has 0 amide bonds. The van der Waals surface area contributed by atoms with E-state index in [2.05, 4.69) is 4.72 Å². The molecule has 0 aromatic heterocycles. The van der Waals surface area contributed by atoms with E-state index in [1.807, 2.05) is 30.3 Å². The van der Waals surface area contributed by atoms with E-state index in [9.17, 15) is 18.5 Å². The average Bonchev–Trinajstić information content (AvgIpc) is 2.72. The normalized spacial score (nSPS) is 10.9.